The van der Waals surface area contributed by atoms with Crippen molar-refractivity contribution in [2.24, 2.45) is 0 Å². The van der Waals surface area contributed by atoms with Crippen molar-refractivity contribution in [2.45, 2.75) is 13.3 Å². The van der Waals surface area contributed by atoms with Gasteiger partial charge < -0.3 is 5.32 Å². The molecular formula is C9H13N. The number of hydrogen-bond acceptors (Lipinski definition) is 0. The van der Waals surface area contributed by atoms with Crippen molar-refractivity contribution >= 4 is 5.69 Å². The first kappa shape index (κ1) is 7.29. The monoisotopic (exact) mass is 135 g/mol. The van der Waals surface area contributed by atoms with Crippen molar-refractivity contribution < 1.29 is 5.32 Å². The zero-order chi connectivity index (χ0) is 7.40. The highest BCUT2D eigenvalue weighted by atomic mass is 14.8. The molecule has 0 aliphatic heterocycles. The van der Waals surface area contributed by atoms with Gasteiger partial charge in [0.05, 0.1) is 0 Å². The number of hydrogen-bond donors (Lipinski definition) is 1. The minimum Gasteiger partial charge on any atom is -0.446 e. The van der Waals surface area contributed by atoms with Crippen LogP contribution in [0, 0.1) is 7.05 Å². The van der Waals surface area contributed by atoms with E-state index in [1.54, 1.807) is 0 Å². The maximum Gasteiger partial charge on any atom is 0.103 e. The van der Waals surface area contributed by atoms with Crippen molar-refractivity contribution in [3.8, 4) is 0 Å². The molecule has 0 saturated carbocycles. The molecule has 0 aromatic heterocycles. The molecule has 2 N–H and O–H groups in total. The van der Waals surface area contributed by atoms with Crippen LogP contribution in [0.25, 0.3) is 0 Å². The third-order valence-electron chi connectivity index (χ3n) is 1.62. The Morgan fingerprint density at radius 3 is 2.30 bits per heavy atom. The first-order chi connectivity index (χ1) is 4.86. The van der Waals surface area contributed by atoms with Crippen molar-refractivity contribution in [3.05, 3.63) is 36.9 Å². The fraction of sp³-hybridized carbons (Fsp3) is 0.222. The lowest BCUT2D eigenvalue weighted by Gasteiger charge is -1.99. The molecule has 0 radical (unpaired) electrons. The molecule has 54 valence electrons. The first-order valence-corrected chi connectivity index (χ1v) is 3.58. The number of nitrogens with two attached hydrogens (primary N) is 1. The third-order valence-corrected chi connectivity index (χ3v) is 1.62. The third kappa shape index (κ3) is 1.58. The highest BCUT2D eigenvalue weighted by molar-refractivity contribution is 5.31. The van der Waals surface area contributed by atoms with E-state index in [2.05, 4.69) is 38.2 Å². The molecule has 0 spiro atoms. The van der Waals surface area contributed by atoms with Crippen LogP contribution in [0.4, 0.5) is 5.69 Å². The molecule has 1 rings (SSSR count). The predicted octanol–water partition coefficient (Wildman–Crippen LogP) is 1.24. The summed E-state index contributed by atoms with van der Waals surface area (Å²) in [5, 5.41) is 1.86. The Kier molecular flexibility index (Phi) is 2.46. The molecule has 0 atom stereocenters. The summed E-state index contributed by atoms with van der Waals surface area (Å²) in [6.07, 6.45) is 1.11. The second-order valence-electron chi connectivity index (χ2n) is 2.30. The van der Waals surface area contributed by atoms with Crippen LogP contribution in [0.3, 0.4) is 0 Å². The quantitative estimate of drug-likeness (QED) is 0.464. The summed E-state index contributed by atoms with van der Waals surface area (Å²) in [5.41, 5.74) is 2.57. The zero-order valence-electron chi connectivity index (χ0n) is 6.30. The second kappa shape index (κ2) is 3.37. The molecule has 0 bridgehead atoms. The van der Waals surface area contributed by atoms with Gasteiger partial charge in [0, 0.05) is 0 Å². The van der Waals surface area contributed by atoms with Gasteiger partial charge in [-0.25, -0.2) is 0 Å². The van der Waals surface area contributed by atoms with Crippen molar-refractivity contribution in [3.63, 3.8) is 0 Å². The summed E-state index contributed by atoms with van der Waals surface area (Å²) in [5.74, 6) is 0. The van der Waals surface area contributed by atoms with Crippen LogP contribution in [0.15, 0.2) is 24.3 Å². The highest BCUT2D eigenvalue weighted by Crippen LogP contribution is 2.03. The summed E-state index contributed by atoms with van der Waals surface area (Å²) >= 11 is 0. The summed E-state index contributed by atoms with van der Waals surface area (Å²) < 4.78 is 0. The molecule has 10 heavy (non-hydrogen) atoms. The van der Waals surface area contributed by atoms with E-state index in [4.69, 9.17) is 0 Å². The van der Waals surface area contributed by atoms with Gasteiger partial charge in [0.1, 0.15) is 5.69 Å². The lowest BCUT2D eigenvalue weighted by atomic mass is 10.1. The molecule has 0 heterocycles. The molecule has 1 nitrogen and oxygen atoms in total. The highest BCUT2D eigenvalue weighted by Gasteiger charge is 1.89. The Morgan fingerprint density at radius 2 is 1.90 bits per heavy atom. The first-order valence-electron chi connectivity index (χ1n) is 3.58. The Morgan fingerprint density at radius 1 is 1.30 bits per heavy atom. The van der Waals surface area contributed by atoms with E-state index in [1.807, 2.05) is 5.32 Å². The van der Waals surface area contributed by atoms with Gasteiger partial charge in [-0.1, -0.05) is 19.1 Å². The van der Waals surface area contributed by atoms with Gasteiger partial charge in [-0.3, -0.25) is 0 Å². The molecule has 0 aliphatic rings. The lowest BCUT2D eigenvalue weighted by Crippen LogP contribution is -2.69. The van der Waals surface area contributed by atoms with Crippen LogP contribution >= 0.6 is 0 Å². The topological polar surface area (TPSA) is 16.6 Å². The maximum absolute atomic E-state index is 3.69. The van der Waals surface area contributed by atoms with Crippen LogP contribution < -0.4 is 5.32 Å². The Hall–Kier alpha value is -0.820. The Balaban J connectivity index is 2.80. The summed E-state index contributed by atoms with van der Waals surface area (Å²) in [6.45, 7) is 2.16. The Labute approximate surface area is 62.1 Å². The molecule has 0 unspecified atom stereocenters. The smallest absolute Gasteiger partial charge is 0.103 e. The fourth-order valence-electron chi connectivity index (χ4n) is 0.889. The largest absolute Gasteiger partial charge is 0.446 e. The van der Waals surface area contributed by atoms with Gasteiger partial charge >= 0.3 is 0 Å². The second-order valence-corrected chi connectivity index (χ2v) is 2.30. The normalized spacial score (nSPS) is 9.80. The molecule has 0 fully saturated rings. The molecular weight excluding hydrogens is 122 g/mol. The van der Waals surface area contributed by atoms with Crippen LogP contribution in [0.2, 0.25) is 0 Å². The molecule has 0 amide bonds. The number of rotatable bonds is 2. The lowest BCUT2D eigenvalue weighted by molar-refractivity contribution is -0.504. The van der Waals surface area contributed by atoms with Crippen molar-refractivity contribution in [1.82, 2.24) is 0 Å². The van der Waals surface area contributed by atoms with Gasteiger partial charge in [0.25, 0.3) is 0 Å². The van der Waals surface area contributed by atoms with E-state index in [0.717, 1.165) is 6.42 Å². The average Bonchev–Trinajstić information content (AvgIpc) is 2.05. The van der Waals surface area contributed by atoms with Crippen LogP contribution in [-0.2, 0) is 6.42 Å². The standard InChI is InChI=1S/C9H13N/c1-3-8-4-6-9(10-2)7-5-8/h4-7H,2-3,10H2,1H3. The average molecular weight is 135 g/mol. The van der Waals surface area contributed by atoms with E-state index in [1.165, 1.54) is 11.3 Å². The minimum absolute atomic E-state index is 1.11. The number of quaternary nitrogens is 1. The van der Waals surface area contributed by atoms with Crippen LogP contribution in [-0.4, -0.2) is 0 Å². The molecule has 1 aromatic carbocycles. The number of benzene rings is 1. The predicted molar refractivity (Wildman–Crippen MR) is 42.8 cm³/mol. The van der Waals surface area contributed by atoms with Gasteiger partial charge in [0.15, 0.2) is 0 Å². The fourth-order valence-corrected chi connectivity index (χ4v) is 0.889. The van der Waals surface area contributed by atoms with Gasteiger partial charge in [0.2, 0.25) is 0 Å². The van der Waals surface area contributed by atoms with Gasteiger partial charge in [-0.15, -0.1) is 7.05 Å². The number of aryl methyl sites for hydroxylation is 1. The van der Waals surface area contributed by atoms with Gasteiger partial charge in [-0.05, 0) is 24.1 Å². The van der Waals surface area contributed by atoms with E-state index in [-0.39, 0.29) is 0 Å². The zero-order valence-corrected chi connectivity index (χ0v) is 6.30. The van der Waals surface area contributed by atoms with E-state index >= 15 is 0 Å². The van der Waals surface area contributed by atoms with Crippen molar-refractivity contribution in [1.29, 1.82) is 0 Å². The molecule has 1 heteroatoms. The summed E-state index contributed by atoms with van der Waals surface area (Å²) in [7, 11) is 3.69. The molecule has 0 aliphatic carbocycles. The summed E-state index contributed by atoms with van der Waals surface area (Å²) in [4.78, 5) is 0. The van der Waals surface area contributed by atoms with E-state index in [9.17, 15) is 0 Å². The van der Waals surface area contributed by atoms with Crippen LogP contribution in [0.5, 0.6) is 0 Å². The van der Waals surface area contributed by atoms with E-state index < -0.39 is 0 Å². The van der Waals surface area contributed by atoms with E-state index in [0.29, 0.717) is 0 Å². The molecule has 0 saturated heterocycles. The Bertz CT molecular complexity index is 165. The SMILES string of the molecule is [CH2-][NH2+]c1ccc(CC)cc1. The summed E-state index contributed by atoms with van der Waals surface area (Å²) in [6, 6.07) is 8.45. The minimum atomic E-state index is 1.11. The van der Waals surface area contributed by atoms with Gasteiger partial charge in [-0.2, -0.15) is 0 Å². The maximum atomic E-state index is 3.69. The van der Waals surface area contributed by atoms with Crippen LogP contribution in [0.1, 0.15) is 12.5 Å². The van der Waals surface area contributed by atoms with Crippen molar-refractivity contribution in [2.75, 3.05) is 0 Å². The molecule has 1 aromatic rings.